The Labute approximate surface area is 122 Å². The van der Waals surface area contributed by atoms with Crippen LogP contribution >= 0.6 is 0 Å². The molecule has 1 saturated carbocycles. The molecule has 0 amide bonds. The van der Waals surface area contributed by atoms with Gasteiger partial charge in [-0.25, -0.2) is 0 Å². The van der Waals surface area contributed by atoms with Crippen molar-refractivity contribution >= 4 is 0 Å². The molecule has 0 radical (unpaired) electrons. The molecule has 1 aromatic rings. The van der Waals surface area contributed by atoms with Crippen LogP contribution in [0.25, 0.3) is 0 Å². The summed E-state index contributed by atoms with van der Waals surface area (Å²) in [5.74, 6) is 0.720. The summed E-state index contributed by atoms with van der Waals surface area (Å²) in [4.78, 5) is 0. The summed E-state index contributed by atoms with van der Waals surface area (Å²) in [6, 6.07) is 11.6. The second-order valence-electron chi connectivity index (χ2n) is 6.42. The molecule has 3 heteroatoms. The molecule has 1 aliphatic carbocycles. The molecular formula is C17H26N2O. The first-order chi connectivity index (χ1) is 9.83. The van der Waals surface area contributed by atoms with Crippen molar-refractivity contribution in [1.82, 2.24) is 10.6 Å². The van der Waals surface area contributed by atoms with Gasteiger partial charge in [0.25, 0.3) is 0 Å². The van der Waals surface area contributed by atoms with E-state index in [1.54, 1.807) is 0 Å². The molecule has 2 fully saturated rings. The van der Waals surface area contributed by atoms with Crippen LogP contribution < -0.4 is 10.6 Å². The van der Waals surface area contributed by atoms with Gasteiger partial charge in [0.05, 0.1) is 6.61 Å². The van der Waals surface area contributed by atoms with Gasteiger partial charge in [0, 0.05) is 31.0 Å². The van der Waals surface area contributed by atoms with Gasteiger partial charge in [0.2, 0.25) is 0 Å². The van der Waals surface area contributed by atoms with Crippen molar-refractivity contribution in [3.63, 3.8) is 0 Å². The molecule has 1 aromatic carbocycles. The van der Waals surface area contributed by atoms with Crippen LogP contribution in [0.1, 0.15) is 30.7 Å². The van der Waals surface area contributed by atoms with Crippen molar-refractivity contribution in [3.05, 3.63) is 35.9 Å². The lowest BCUT2D eigenvalue weighted by atomic mass is 9.79. The zero-order chi connectivity index (χ0) is 13.8. The predicted octanol–water partition coefficient (Wildman–Crippen LogP) is 2.15. The highest BCUT2D eigenvalue weighted by atomic mass is 16.5. The molecule has 2 atom stereocenters. The van der Waals surface area contributed by atoms with Gasteiger partial charge >= 0.3 is 0 Å². The van der Waals surface area contributed by atoms with Crippen molar-refractivity contribution < 1.29 is 4.74 Å². The summed E-state index contributed by atoms with van der Waals surface area (Å²) in [5.41, 5.74) is 1.82. The van der Waals surface area contributed by atoms with Crippen LogP contribution in [0.3, 0.4) is 0 Å². The number of ether oxygens (including phenoxy) is 1. The lowest BCUT2D eigenvalue weighted by Gasteiger charge is -2.37. The predicted molar refractivity (Wildman–Crippen MR) is 82.0 cm³/mol. The quantitative estimate of drug-likeness (QED) is 0.834. The lowest BCUT2D eigenvalue weighted by molar-refractivity contribution is 0.0533. The highest BCUT2D eigenvalue weighted by molar-refractivity contribution is 5.27. The molecule has 1 aliphatic heterocycles. The second kappa shape index (κ2) is 6.25. The van der Waals surface area contributed by atoms with Gasteiger partial charge in [-0.3, -0.25) is 0 Å². The van der Waals surface area contributed by atoms with Crippen molar-refractivity contribution in [2.24, 2.45) is 5.41 Å². The highest BCUT2D eigenvalue weighted by Crippen LogP contribution is 2.41. The fraction of sp³-hybridized carbons (Fsp3) is 0.647. The normalized spacial score (nSPS) is 28.2. The van der Waals surface area contributed by atoms with Gasteiger partial charge in [-0.05, 0) is 37.9 Å². The molecule has 110 valence electrons. The van der Waals surface area contributed by atoms with Crippen LogP contribution in [0.2, 0.25) is 0 Å². The van der Waals surface area contributed by atoms with E-state index in [1.807, 2.05) is 7.11 Å². The number of hydrogen-bond acceptors (Lipinski definition) is 3. The van der Waals surface area contributed by atoms with E-state index < -0.39 is 0 Å². The van der Waals surface area contributed by atoms with Crippen LogP contribution in [0.4, 0.5) is 0 Å². The minimum Gasteiger partial charge on any atom is -0.384 e. The number of nitrogens with one attached hydrogen (secondary N) is 2. The molecule has 1 saturated heterocycles. The molecule has 2 N–H and O–H groups in total. The van der Waals surface area contributed by atoms with Crippen LogP contribution in [0.5, 0.6) is 0 Å². The third-order valence-corrected chi connectivity index (χ3v) is 4.87. The Morgan fingerprint density at radius 1 is 1.25 bits per heavy atom. The first kappa shape index (κ1) is 14.1. The molecule has 3 rings (SSSR count). The maximum Gasteiger partial charge on any atom is 0.0531 e. The molecule has 1 heterocycles. The van der Waals surface area contributed by atoms with E-state index in [1.165, 1.54) is 24.8 Å². The van der Waals surface area contributed by atoms with E-state index in [0.717, 1.165) is 32.2 Å². The fourth-order valence-electron chi connectivity index (χ4n) is 3.47. The van der Waals surface area contributed by atoms with E-state index in [9.17, 15) is 0 Å². The summed E-state index contributed by atoms with van der Waals surface area (Å²) < 4.78 is 5.48. The van der Waals surface area contributed by atoms with Crippen LogP contribution in [0.15, 0.2) is 30.3 Å². The lowest BCUT2D eigenvalue weighted by Crippen LogP contribution is -2.46. The Kier molecular flexibility index (Phi) is 4.39. The van der Waals surface area contributed by atoms with Crippen molar-refractivity contribution in [3.8, 4) is 0 Å². The third-order valence-electron chi connectivity index (χ3n) is 4.87. The van der Waals surface area contributed by atoms with Gasteiger partial charge in [0.15, 0.2) is 0 Å². The average molecular weight is 274 g/mol. The van der Waals surface area contributed by atoms with Crippen LogP contribution in [0, 0.1) is 5.41 Å². The molecule has 2 aliphatic rings. The van der Waals surface area contributed by atoms with Gasteiger partial charge in [0.1, 0.15) is 0 Å². The second-order valence-corrected chi connectivity index (χ2v) is 6.42. The highest BCUT2D eigenvalue weighted by Gasteiger charge is 2.40. The van der Waals surface area contributed by atoms with Gasteiger partial charge in [-0.15, -0.1) is 0 Å². The summed E-state index contributed by atoms with van der Waals surface area (Å²) in [6.07, 6.45) is 3.72. The number of methoxy groups -OCH3 is 1. The standard InChI is InChI=1S/C17H26N2O/c1-20-13-17(7-9-18-10-8-17)12-19-16-11-15(16)14-5-3-2-4-6-14/h2-6,15-16,18-19H,7-13H2,1H3/t15-,16+/m0/s1. The average Bonchev–Trinajstić information content (AvgIpc) is 3.27. The van der Waals surface area contributed by atoms with E-state index in [-0.39, 0.29) is 0 Å². The largest absolute Gasteiger partial charge is 0.384 e. The molecule has 0 aromatic heterocycles. The van der Waals surface area contributed by atoms with Crippen LogP contribution in [-0.2, 0) is 4.74 Å². The Bertz CT molecular complexity index is 409. The third kappa shape index (κ3) is 3.22. The minimum atomic E-state index is 0.337. The Morgan fingerprint density at radius 3 is 2.70 bits per heavy atom. The number of hydrogen-bond donors (Lipinski definition) is 2. The number of rotatable bonds is 6. The molecule has 0 spiro atoms. The molecular weight excluding hydrogens is 248 g/mol. The Balaban J connectivity index is 1.52. The van der Waals surface area contributed by atoms with Crippen molar-refractivity contribution in [2.45, 2.75) is 31.2 Å². The topological polar surface area (TPSA) is 33.3 Å². The maximum absolute atomic E-state index is 5.48. The zero-order valence-electron chi connectivity index (χ0n) is 12.4. The number of benzene rings is 1. The molecule has 3 nitrogen and oxygen atoms in total. The molecule has 0 bridgehead atoms. The zero-order valence-corrected chi connectivity index (χ0v) is 12.4. The van der Waals surface area contributed by atoms with Crippen LogP contribution in [-0.4, -0.2) is 39.4 Å². The van der Waals surface area contributed by atoms with E-state index in [0.29, 0.717) is 11.5 Å². The maximum atomic E-state index is 5.48. The van der Waals surface area contributed by atoms with E-state index >= 15 is 0 Å². The van der Waals surface area contributed by atoms with Crippen molar-refractivity contribution in [1.29, 1.82) is 0 Å². The Morgan fingerprint density at radius 2 is 2.00 bits per heavy atom. The number of piperidine rings is 1. The van der Waals surface area contributed by atoms with E-state index in [2.05, 4.69) is 41.0 Å². The van der Waals surface area contributed by atoms with Gasteiger partial charge < -0.3 is 15.4 Å². The first-order valence-electron chi connectivity index (χ1n) is 7.81. The van der Waals surface area contributed by atoms with E-state index in [4.69, 9.17) is 4.74 Å². The smallest absolute Gasteiger partial charge is 0.0531 e. The fourth-order valence-corrected chi connectivity index (χ4v) is 3.47. The summed E-state index contributed by atoms with van der Waals surface area (Å²) in [6.45, 7) is 4.22. The summed E-state index contributed by atoms with van der Waals surface area (Å²) in [7, 11) is 1.83. The summed E-state index contributed by atoms with van der Waals surface area (Å²) in [5, 5.41) is 7.25. The first-order valence-corrected chi connectivity index (χ1v) is 7.81. The minimum absolute atomic E-state index is 0.337. The monoisotopic (exact) mass is 274 g/mol. The Hall–Kier alpha value is -0.900. The SMILES string of the molecule is COCC1(CN[C@@H]2C[C@H]2c2ccccc2)CCNCC1. The summed E-state index contributed by atoms with van der Waals surface area (Å²) >= 11 is 0. The molecule has 0 unspecified atom stereocenters. The molecule has 20 heavy (non-hydrogen) atoms. The van der Waals surface area contributed by atoms with Crippen molar-refractivity contribution in [2.75, 3.05) is 33.4 Å². The van der Waals surface area contributed by atoms with Gasteiger partial charge in [-0.2, -0.15) is 0 Å². The van der Waals surface area contributed by atoms with Gasteiger partial charge in [-0.1, -0.05) is 30.3 Å².